The van der Waals surface area contributed by atoms with Gasteiger partial charge >= 0.3 is 0 Å². The molecule has 1 aromatic carbocycles. The lowest BCUT2D eigenvalue weighted by Crippen LogP contribution is -2.50. The third-order valence-corrected chi connectivity index (χ3v) is 6.24. The highest BCUT2D eigenvalue weighted by Gasteiger charge is 2.22. The number of methoxy groups -OCH3 is 1. The lowest BCUT2D eigenvalue weighted by Gasteiger charge is -2.38. The molecule has 1 aromatic heterocycles. The maximum atomic E-state index is 13.3. The Labute approximate surface area is 169 Å². The molecule has 3 rings (SSSR count). The van der Waals surface area contributed by atoms with Crippen LogP contribution in [0.25, 0.3) is 0 Å². The molecule has 0 bridgehead atoms. The van der Waals surface area contributed by atoms with E-state index in [2.05, 4.69) is 26.4 Å². The number of nitrogens with zero attached hydrogens (tertiary/aromatic N) is 3. The number of rotatable bonds is 7. The Kier molecular flexibility index (Phi) is 6.66. The number of hydrogen-bond donors (Lipinski definition) is 1. The molecular weight excluding hydrogens is 402 g/mol. The zero-order valence-corrected chi connectivity index (χ0v) is 17.1. The number of piperazine rings is 1. The van der Waals surface area contributed by atoms with Crippen molar-refractivity contribution in [3.63, 3.8) is 0 Å². The van der Waals surface area contributed by atoms with Gasteiger partial charge in [0, 0.05) is 51.6 Å². The normalized spacial score (nSPS) is 16.6. The van der Waals surface area contributed by atoms with Crippen LogP contribution in [-0.2, 0) is 14.8 Å². The summed E-state index contributed by atoms with van der Waals surface area (Å²) in [5, 5.41) is 0. The second-order valence-corrected chi connectivity index (χ2v) is 8.60. The second kappa shape index (κ2) is 9.02. The van der Waals surface area contributed by atoms with Crippen LogP contribution >= 0.6 is 0 Å². The van der Waals surface area contributed by atoms with E-state index in [0.717, 1.165) is 44.4 Å². The topological polar surface area (TPSA) is 74.8 Å². The van der Waals surface area contributed by atoms with E-state index in [1.807, 2.05) is 0 Å². The third-order valence-electron chi connectivity index (χ3n) is 4.87. The highest BCUT2D eigenvalue weighted by atomic mass is 32.2. The predicted octanol–water partition coefficient (Wildman–Crippen LogP) is 2.32. The van der Waals surface area contributed by atoms with Crippen LogP contribution in [0.5, 0.6) is 0 Å². The number of benzene rings is 1. The number of anilines is 2. The first-order valence-electron chi connectivity index (χ1n) is 9.22. The first kappa shape index (κ1) is 21.4. The van der Waals surface area contributed by atoms with Gasteiger partial charge in [-0.3, -0.25) is 9.62 Å². The molecule has 2 heterocycles. The second-order valence-electron chi connectivity index (χ2n) is 6.91. The molecule has 1 fully saturated rings. The minimum atomic E-state index is -3.96. The molecule has 158 valence electrons. The van der Waals surface area contributed by atoms with E-state index in [9.17, 15) is 17.2 Å². The number of aromatic nitrogens is 1. The van der Waals surface area contributed by atoms with Crippen molar-refractivity contribution in [2.75, 3.05) is 49.5 Å². The summed E-state index contributed by atoms with van der Waals surface area (Å²) in [6.07, 6.45) is 1.26. The van der Waals surface area contributed by atoms with E-state index in [-0.39, 0.29) is 10.6 Å². The highest BCUT2D eigenvalue weighted by molar-refractivity contribution is 7.92. The van der Waals surface area contributed by atoms with E-state index in [0.29, 0.717) is 18.5 Å². The van der Waals surface area contributed by atoms with Crippen molar-refractivity contribution in [1.29, 1.82) is 0 Å². The third kappa shape index (κ3) is 5.20. The maximum absolute atomic E-state index is 13.3. The number of ether oxygens (including phenoxy) is 1. The minimum absolute atomic E-state index is 0.0571. The molecule has 0 spiro atoms. The van der Waals surface area contributed by atoms with Crippen LogP contribution in [0.15, 0.2) is 41.4 Å². The molecule has 1 N–H and O–H groups in total. The van der Waals surface area contributed by atoms with Crippen LogP contribution in [0.1, 0.15) is 6.92 Å². The summed E-state index contributed by atoms with van der Waals surface area (Å²) in [4.78, 5) is 8.65. The SMILES string of the molecule is COCC(C)N1CCN(c2ccc(S(=O)(=O)Nc3ccc(F)c(F)c3)cn2)CC1. The summed E-state index contributed by atoms with van der Waals surface area (Å²) in [5.41, 5.74) is -0.0609. The average molecular weight is 426 g/mol. The standard InChI is InChI=1S/C19H24F2N4O3S/c1-14(13-28-2)24-7-9-25(10-8-24)19-6-4-16(12-22-19)29(26,27)23-15-3-5-17(20)18(21)11-15/h3-6,11-12,14,23H,7-10,13H2,1-2H3. The lowest BCUT2D eigenvalue weighted by molar-refractivity contribution is 0.0952. The van der Waals surface area contributed by atoms with E-state index in [1.54, 1.807) is 13.2 Å². The summed E-state index contributed by atoms with van der Waals surface area (Å²) in [5.74, 6) is -1.48. The van der Waals surface area contributed by atoms with Gasteiger partial charge in [0.15, 0.2) is 11.6 Å². The Hall–Kier alpha value is -2.30. The highest BCUT2D eigenvalue weighted by Crippen LogP contribution is 2.20. The summed E-state index contributed by atoms with van der Waals surface area (Å²) in [7, 11) is -2.27. The van der Waals surface area contributed by atoms with Gasteiger partial charge < -0.3 is 9.64 Å². The van der Waals surface area contributed by atoms with Gasteiger partial charge in [0.1, 0.15) is 10.7 Å². The lowest BCUT2D eigenvalue weighted by atomic mass is 10.2. The predicted molar refractivity (Wildman–Crippen MR) is 107 cm³/mol. The fraction of sp³-hybridized carbons (Fsp3) is 0.421. The van der Waals surface area contributed by atoms with Gasteiger partial charge in [-0.05, 0) is 31.2 Å². The molecular formula is C19H24F2N4O3S. The molecule has 0 amide bonds. The molecule has 1 aliphatic rings. The van der Waals surface area contributed by atoms with Gasteiger partial charge in [-0.25, -0.2) is 22.2 Å². The molecule has 0 aliphatic carbocycles. The van der Waals surface area contributed by atoms with E-state index in [4.69, 9.17) is 4.74 Å². The molecule has 2 aromatic rings. The smallest absolute Gasteiger partial charge is 0.263 e. The summed E-state index contributed by atoms with van der Waals surface area (Å²) < 4.78 is 58.7. The van der Waals surface area contributed by atoms with Gasteiger partial charge in [0.05, 0.1) is 12.3 Å². The number of sulfonamides is 1. The van der Waals surface area contributed by atoms with E-state index in [1.165, 1.54) is 12.3 Å². The molecule has 7 nitrogen and oxygen atoms in total. The van der Waals surface area contributed by atoms with Gasteiger partial charge in [-0.1, -0.05) is 0 Å². The summed E-state index contributed by atoms with van der Waals surface area (Å²) in [6.45, 7) is 6.08. The Balaban J connectivity index is 1.64. The van der Waals surface area contributed by atoms with Gasteiger partial charge in [-0.2, -0.15) is 0 Å². The molecule has 1 unspecified atom stereocenters. The average Bonchev–Trinajstić information content (AvgIpc) is 2.71. The number of halogens is 2. The van der Waals surface area contributed by atoms with Crippen molar-refractivity contribution in [2.45, 2.75) is 17.9 Å². The molecule has 0 radical (unpaired) electrons. The molecule has 1 saturated heterocycles. The van der Waals surface area contributed by atoms with Crippen molar-refractivity contribution in [1.82, 2.24) is 9.88 Å². The first-order valence-corrected chi connectivity index (χ1v) is 10.7. The van der Waals surface area contributed by atoms with Crippen molar-refractivity contribution < 1.29 is 21.9 Å². The number of hydrogen-bond acceptors (Lipinski definition) is 6. The van der Waals surface area contributed by atoms with Crippen LogP contribution in [0.4, 0.5) is 20.3 Å². The van der Waals surface area contributed by atoms with Crippen molar-refractivity contribution in [3.05, 3.63) is 48.2 Å². The van der Waals surface area contributed by atoms with Crippen LogP contribution in [-0.4, -0.2) is 64.2 Å². The van der Waals surface area contributed by atoms with Crippen LogP contribution < -0.4 is 9.62 Å². The molecule has 1 atom stereocenters. The fourth-order valence-electron chi connectivity index (χ4n) is 3.23. The molecule has 1 aliphatic heterocycles. The summed E-state index contributed by atoms with van der Waals surface area (Å²) >= 11 is 0. The van der Waals surface area contributed by atoms with E-state index >= 15 is 0 Å². The Morgan fingerprint density at radius 3 is 2.45 bits per heavy atom. The van der Waals surface area contributed by atoms with Crippen LogP contribution in [0, 0.1) is 11.6 Å². The fourth-order valence-corrected chi connectivity index (χ4v) is 4.22. The van der Waals surface area contributed by atoms with E-state index < -0.39 is 21.7 Å². The zero-order chi connectivity index (χ0) is 21.0. The number of pyridine rings is 1. The Morgan fingerprint density at radius 2 is 1.86 bits per heavy atom. The molecule has 0 saturated carbocycles. The van der Waals surface area contributed by atoms with Gasteiger partial charge in [0.25, 0.3) is 10.0 Å². The monoisotopic (exact) mass is 426 g/mol. The van der Waals surface area contributed by atoms with Crippen molar-refractivity contribution in [2.24, 2.45) is 0 Å². The molecule has 10 heteroatoms. The quantitative estimate of drug-likeness (QED) is 0.733. The maximum Gasteiger partial charge on any atom is 0.263 e. The molecule has 29 heavy (non-hydrogen) atoms. The van der Waals surface area contributed by atoms with Crippen molar-refractivity contribution >= 4 is 21.5 Å². The summed E-state index contributed by atoms with van der Waals surface area (Å²) in [6, 6.07) is 6.24. The van der Waals surface area contributed by atoms with Gasteiger partial charge in [0.2, 0.25) is 0 Å². The van der Waals surface area contributed by atoms with Crippen LogP contribution in [0.2, 0.25) is 0 Å². The number of nitrogens with one attached hydrogen (secondary N) is 1. The largest absolute Gasteiger partial charge is 0.383 e. The first-order chi connectivity index (χ1) is 13.8. The van der Waals surface area contributed by atoms with Crippen LogP contribution in [0.3, 0.4) is 0 Å². The Bertz CT molecular complexity index is 933. The Morgan fingerprint density at radius 1 is 1.14 bits per heavy atom. The van der Waals surface area contributed by atoms with Crippen molar-refractivity contribution in [3.8, 4) is 0 Å². The zero-order valence-electron chi connectivity index (χ0n) is 16.3. The minimum Gasteiger partial charge on any atom is -0.383 e. The van der Waals surface area contributed by atoms with Gasteiger partial charge in [-0.15, -0.1) is 0 Å².